The fourth-order valence-electron chi connectivity index (χ4n) is 1.80. The minimum atomic E-state index is 0.516. The smallest absolute Gasteiger partial charge is 0.297 e. The van der Waals surface area contributed by atoms with Gasteiger partial charge in [-0.25, -0.2) is 0 Å². The molecule has 4 heteroatoms. The summed E-state index contributed by atoms with van der Waals surface area (Å²) in [6.45, 7) is 1.41. The number of imidazole rings is 1. The van der Waals surface area contributed by atoms with Crippen LogP contribution in [-0.4, -0.2) is 22.4 Å². The second-order valence-electron chi connectivity index (χ2n) is 3.56. The fourth-order valence-corrected chi connectivity index (χ4v) is 1.80. The van der Waals surface area contributed by atoms with Gasteiger partial charge in [-0.2, -0.15) is 4.98 Å². The average molecular weight is 178 g/mol. The van der Waals surface area contributed by atoms with Gasteiger partial charge in [0.2, 0.25) is 0 Å². The Morgan fingerprint density at radius 1 is 1.54 bits per heavy atom. The van der Waals surface area contributed by atoms with Crippen molar-refractivity contribution in [2.75, 3.05) is 6.61 Å². The van der Waals surface area contributed by atoms with Crippen LogP contribution in [0.2, 0.25) is 0 Å². The van der Waals surface area contributed by atoms with Crippen molar-refractivity contribution in [1.29, 1.82) is 0 Å². The van der Waals surface area contributed by atoms with Gasteiger partial charge >= 0.3 is 0 Å². The molecule has 2 aliphatic rings. The summed E-state index contributed by atoms with van der Waals surface area (Å²) in [5, 5.41) is 0. The van der Waals surface area contributed by atoms with Crippen molar-refractivity contribution in [1.82, 2.24) is 9.55 Å². The first-order valence-electron chi connectivity index (χ1n) is 4.58. The Bertz CT molecular complexity index is 366. The maximum absolute atomic E-state index is 10.9. The third-order valence-corrected chi connectivity index (χ3v) is 2.62. The number of carbonyl (C=O) groups excluding carboxylic acids is 1. The maximum atomic E-state index is 10.9. The van der Waals surface area contributed by atoms with Gasteiger partial charge in [-0.15, -0.1) is 0 Å². The van der Waals surface area contributed by atoms with Gasteiger partial charge in [0.05, 0.1) is 12.2 Å². The number of hydrogen-bond acceptors (Lipinski definition) is 3. The second kappa shape index (κ2) is 2.34. The molecule has 1 aromatic rings. The van der Waals surface area contributed by atoms with E-state index in [1.165, 1.54) is 0 Å². The van der Waals surface area contributed by atoms with Gasteiger partial charge in [0, 0.05) is 5.92 Å². The average Bonchev–Trinajstić information content (AvgIpc) is 2.76. The summed E-state index contributed by atoms with van der Waals surface area (Å²) in [7, 11) is 0. The van der Waals surface area contributed by atoms with Crippen molar-refractivity contribution in [2.24, 2.45) is 0 Å². The number of fused-ring (bicyclic) bond motifs is 1. The molecule has 0 radical (unpaired) electrons. The predicted octanol–water partition coefficient (Wildman–Crippen LogP) is 0.965. The van der Waals surface area contributed by atoms with Gasteiger partial charge in [-0.05, 0) is 12.8 Å². The molecule has 13 heavy (non-hydrogen) atoms. The first-order chi connectivity index (χ1) is 6.40. The third kappa shape index (κ3) is 0.913. The molecule has 4 nitrogen and oxygen atoms in total. The molecule has 0 saturated heterocycles. The highest BCUT2D eigenvalue weighted by Gasteiger charge is 2.33. The van der Waals surface area contributed by atoms with Crippen molar-refractivity contribution in [3.63, 3.8) is 0 Å². The summed E-state index contributed by atoms with van der Waals surface area (Å²) in [6, 6.07) is 0.629. The Morgan fingerprint density at radius 3 is 3.08 bits per heavy atom. The van der Waals surface area contributed by atoms with Crippen molar-refractivity contribution in [3.8, 4) is 6.01 Å². The highest BCUT2D eigenvalue weighted by Crippen LogP contribution is 2.42. The minimum absolute atomic E-state index is 0.516. The van der Waals surface area contributed by atoms with Crippen LogP contribution in [0.3, 0.4) is 0 Å². The standard InChI is InChI=1S/C9H10N2O2/c12-5-7-8(6-1-2-6)10-9-11(7)3-4-13-9/h5-6H,1-4H2. The lowest BCUT2D eigenvalue weighted by atomic mass is 10.2. The summed E-state index contributed by atoms with van der Waals surface area (Å²) >= 11 is 0. The zero-order valence-corrected chi connectivity index (χ0v) is 7.19. The summed E-state index contributed by atoms with van der Waals surface area (Å²) < 4.78 is 7.17. The van der Waals surface area contributed by atoms with Crippen LogP contribution in [0.1, 0.15) is 34.9 Å². The fraction of sp³-hybridized carbons (Fsp3) is 0.556. The number of carbonyl (C=O) groups is 1. The molecule has 1 fully saturated rings. The van der Waals surface area contributed by atoms with Gasteiger partial charge in [-0.1, -0.05) is 0 Å². The molecule has 0 atom stereocenters. The van der Waals surface area contributed by atoms with E-state index < -0.39 is 0 Å². The lowest BCUT2D eigenvalue weighted by molar-refractivity contribution is 0.111. The van der Waals surface area contributed by atoms with Crippen molar-refractivity contribution in [2.45, 2.75) is 25.3 Å². The number of rotatable bonds is 2. The molecule has 0 bridgehead atoms. The largest absolute Gasteiger partial charge is 0.463 e. The van der Waals surface area contributed by atoms with Crippen LogP contribution >= 0.6 is 0 Å². The number of ether oxygens (including phenoxy) is 1. The molecular formula is C9H10N2O2. The first-order valence-corrected chi connectivity index (χ1v) is 4.58. The van der Waals surface area contributed by atoms with Crippen LogP contribution in [0.5, 0.6) is 6.01 Å². The minimum Gasteiger partial charge on any atom is -0.463 e. The molecule has 0 unspecified atom stereocenters. The maximum Gasteiger partial charge on any atom is 0.297 e. The van der Waals surface area contributed by atoms with E-state index in [4.69, 9.17) is 4.74 Å². The highest BCUT2D eigenvalue weighted by molar-refractivity contribution is 5.75. The van der Waals surface area contributed by atoms with E-state index in [2.05, 4.69) is 4.98 Å². The van der Waals surface area contributed by atoms with E-state index in [-0.39, 0.29) is 0 Å². The molecule has 1 saturated carbocycles. The third-order valence-electron chi connectivity index (χ3n) is 2.62. The number of aromatic nitrogens is 2. The molecule has 0 spiro atoms. The van der Waals surface area contributed by atoms with Gasteiger partial charge < -0.3 is 4.74 Å². The van der Waals surface area contributed by atoms with E-state index in [1.54, 1.807) is 0 Å². The number of nitrogens with zero attached hydrogens (tertiary/aromatic N) is 2. The van der Waals surface area contributed by atoms with Crippen molar-refractivity contribution in [3.05, 3.63) is 11.4 Å². The molecule has 1 aliphatic heterocycles. The molecular weight excluding hydrogens is 168 g/mol. The monoisotopic (exact) mass is 178 g/mol. The number of aldehydes is 1. The second-order valence-corrected chi connectivity index (χ2v) is 3.56. The van der Waals surface area contributed by atoms with Crippen LogP contribution in [0.25, 0.3) is 0 Å². The Kier molecular flexibility index (Phi) is 1.28. The normalized spacial score (nSPS) is 19.7. The SMILES string of the molecule is O=Cc1c(C2CC2)nc2n1CCO2. The lowest BCUT2D eigenvalue weighted by Crippen LogP contribution is -2.01. The zero-order valence-electron chi connectivity index (χ0n) is 7.19. The van der Waals surface area contributed by atoms with Crippen molar-refractivity contribution >= 4 is 6.29 Å². The summed E-state index contributed by atoms with van der Waals surface area (Å²) in [6.07, 6.45) is 3.23. The summed E-state index contributed by atoms with van der Waals surface area (Å²) in [5.74, 6) is 0.516. The van der Waals surface area contributed by atoms with Gasteiger partial charge in [0.15, 0.2) is 6.29 Å². The van der Waals surface area contributed by atoms with E-state index in [9.17, 15) is 4.79 Å². The van der Waals surface area contributed by atoms with E-state index in [1.807, 2.05) is 4.57 Å². The first kappa shape index (κ1) is 7.12. The summed E-state index contributed by atoms with van der Waals surface area (Å²) in [5.41, 5.74) is 1.68. The van der Waals surface area contributed by atoms with Crippen LogP contribution in [0.4, 0.5) is 0 Å². The predicted molar refractivity (Wildman–Crippen MR) is 45.1 cm³/mol. The van der Waals surface area contributed by atoms with Crippen LogP contribution in [0.15, 0.2) is 0 Å². The highest BCUT2D eigenvalue weighted by atomic mass is 16.5. The molecule has 1 aromatic heterocycles. The van der Waals surface area contributed by atoms with Crippen LogP contribution in [0, 0.1) is 0 Å². The Balaban J connectivity index is 2.14. The zero-order chi connectivity index (χ0) is 8.84. The quantitative estimate of drug-likeness (QED) is 0.634. The van der Waals surface area contributed by atoms with E-state index in [0.29, 0.717) is 18.5 Å². The molecule has 0 aromatic carbocycles. The Labute approximate surface area is 75.5 Å². The van der Waals surface area contributed by atoms with Crippen LogP contribution in [-0.2, 0) is 6.54 Å². The van der Waals surface area contributed by atoms with Gasteiger partial charge in [0.25, 0.3) is 6.01 Å². The van der Waals surface area contributed by atoms with Crippen molar-refractivity contribution < 1.29 is 9.53 Å². The molecule has 3 rings (SSSR count). The van der Waals surface area contributed by atoms with Gasteiger partial charge in [0.1, 0.15) is 12.3 Å². The number of hydrogen-bond donors (Lipinski definition) is 0. The topological polar surface area (TPSA) is 44.1 Å². The van der Waals surface area contributed by atoms with Gasteiger partial charge in [-0.3, -0.25) is 9.36 Å². The Hall–Kier alpha value is -1.32. The van der Waals surface area contributed by atoms with E-state index >= 15 is 0 Å². The molecule has 68 valence electrons. The molecule has 1 aliphatic carbocycles. The lowest BCUT2D eigenvalue weighted by Gasteiger charge is -1.96. The van der Waals surface area contributed by atoms with Crippen LogP contribution < -0.4 is 4.74 Å². The Morgan fingerprint density at radius 2 is 2.38 bits per heavy atom. The van der Waals surface area contributed by atoms with E-state index in [0.717, 1.165) is 37.1 Å². The molecule has 0 N–H and O–H groups in total. The summed E-state index contributed by atoms with van der Waals surface area (Å²) in [4.78, 5) is 15.2. The molecule has 0 amide bonds. The molecule has 2 heterocycles.